The van der Waals surface area contributed by atoms with Crippen LogP contribution in [0.4, 0.5) is 30.7 Å². The SMILES string of the molecule is CCc1ccc(S(OS(=O)(=O)c2c(F)c(F)c(F)c(F)c2F)(c2ccc(CC)cc2)c2ccc(F)cc2F)cc1. The molecule has 0 saturated heterocycles. The molecule has 0 amide bonds. The summed E-state index contributed by atoms with van der Waals surface area (Å²) >= 11 is 0. The summed E-state index contributed by atoms with van der Waals surface area (Å²) < 4.78 is 133. The number of benzene rings is 4. The molecule has 40 heavy (non-hydrogen) atoms. The van der Waals surface area contributed by atoms with Crippen molar-refractivity contribution in [2.24, 2.45) is 0 Å². The van der Waals surface area contributed by atoms with E-state index in [0.29, 0.717) is 18.9 Å². The topological polar surface area (TPSA) is 43.4 Å². The Labute approximate surface area is 227 Å². The van der Waals surface area contributed by atoms with E-state index in [9.17, 15) is 34.8 Å². The van der Waals surface area contributed by atoms with Crippen LogP contribution in [0.15, 0.2) is 86.3 Å². The molecule has 0 aliphatic rings. The number of halogens is 7. The third-order valence-electron chi connectivity index (χ3n) is 6.14. The van der Waals surface area contributed by atoms with Crippen LogP contribution in [-0.4, -0.2) is 8.42 Å². The average molecular weight is 603 g/mol. The van der Waals surface area contributed by atoms with Gasteiger partial charge in [-0.1, -0.05) is 38.1 Å². The predicted octanol–water partition coefficient (Wildman–Crippen LogP) is 8.39. The van der Waals surface area contributed by atoms with Crippen molar-refractivity contribution < 1.29 is 42.8 Å². The molecular weight excluding hydrogens is 581 g/mol. The summed E-state index contributed by atoms with van der Waals surface area (Å²) in [5, 5.41) is 0. The Balaban J connectivity index is 2.12. The summed E-state index contributed by atoms with van der Waals surface area (Å²) in [6.07, 6.45) is 1.12. The van der Waals surface area contributed by atoms with Gasteiger partial charge < -0.3 is 0 Å². The fraction of sp³-hybridized carbons (Fsp3) is 0.143. The van der Waals surface area contributed by atoms with Crippen LogP contribution in [0.1, 0.15) is 25.0 Å². The molecule has 0 bridgehead atoms. The molecule has 0 radical (unpaired) electrons. The highest BCUT2D eigenvalue weighted by Crippen LogP contribution is 2.71. The molecule has 0 N–H and O–H groups in total. The lowest BCUT2D eigenvalue weighted by molar-refractivity contribution is 0.353. The molecule has 212 valence electrons. The van der Waals surface area contributed by atoms with Gasteiger partial charge in [0.1, 0.15) is 11.6 Å². The molecule has 0 aliphatic carbocycles. The highest BCUT2D eigenvalue weighted by Gasteiger charge is 2.44. The van der Waals surface area contributed by atoms with E-state index in [0.717, 1.165) is 23.3 Å². The van der Waals surface area contributed by atoms with Gasteiger partial charge in [0.2, 0.25) is 5.82 Å². The molecule has 4 aromatic carbocycles. The summed E-state index contributed by atoms with van der Waals surface area (Å²) in [4.78, 5) is -2.77. The van der Waals surface area contributed by atoms with E-state index in [4.69, 9.17) is 3.63 Å². The maximum atomic E-state index is 15.5. The van der Waals surface area contributed by atoms with Crippen LogP contribution < -0.4 is 0 Å². The number of rotatable bonds is 8. The molecule has 12 heteroatoms. The van der Waals surface area contributed by atoms with E-state index in [1.165, 1.54) is 24.3 Å². The Morgan fingerprint density at radius 1 is 0.600 bits per heavy atom. The second-order valence-corrected chi connectivity index (χ2v) is 12.9. The summed E-state index contributed by atoms with van der Waals surface area (Å²) in [6, 6.07) is 14.1. The molecule has 0 unspecified atom stereocenters. The second-order valence-electron chi connectivity index (χ2n) is 8.55. The summed E-state index contributed by atoms with van der Waals surface area (Å²) in [7, 11) is -9.77. The fourth-order valence-corrected chi connectivity index (χ4v) is 9.32. The quantitative estimate of drug-likeness (QED) is 0.116. The van der Waals surface area contributed by atoms with Crippen molar-refractivity contribution in [1.82, 2.24) is 0 Å². The molecule has 0 saturated carbocycles. The van der Waals surface area contributed by atoms with E-state index in [-0.39, 0.29) is 9.79 Å². The maximum Gasteiger partial charge on any atom is 0.313 e. The maximum absolute atomic E-state index is 15.5. The van der Waals surface area contributed by atoms with Crippen molar-refractivity contribution in [3.8, 4) is 0 Å². The third kappa shape index (κ3) is 5.11. The Morgan fingerprint density at radius 3 is 1.43 bits per heavy atom. The van der Waals surface area contributed by atoms with Crippen LogP contribution in [-0.2, 0) is 26.6 Å². The van der Waals surface area contributed by atoms with E-state index in [2.05, 4.69) is 0 Å². The molecule has 0 heterocycles. The normalized spacial score (nSPS) is 12.5. The summed E-state index contributed by atoms with van der Waals surface area (Å²) in [5.41, 5.74) is 1.56. The Bertz CT molecular complexity index is 1600. The van der Waals surface area contributed by atoms with Crippen molar-refractivity contribution >= 4 is 20.4 Å². The molecule has 0 aromatic heterocycles. The van der Waals surface area contributed by atoms with Crippen LogP contribution in [0.2, 0.25) is 0 Å². The van der Waals surface area contributed by atoms with Crippen molar-refractivity contribution in [3.05, 3.63) is 119 Å². The van der Waals surface area contributed by atoms with E-state index in [1.54, 1.807) is 24.3 Å². The van der Waals surface area contributed by atoms with Gasteiger partial charge in [-0.3, -0.25) is 0 Å². The Kier molecular flexibility index (Phi) is 8.34. The first-order valence-corrected chi connectivity index (χ1v) is 14.8. The van der Waals surface area contributed by atoms with Crippen LogP contribution in [0, 0.1) is 40.7 Å². The zero-order chi connectivity index (χ0) is 29.4. The van der Waals surface area contributed by atoms with Crippen LogP contribution in [0.5, 0.6) is 0 Å². The van der Waals surface area contributed by atoms with E-state index >= 15 is 4.39 Å². The third-order valence-corrected chi connectivity index (χ3v) is 11.4. The van der Waals surface area contributed by atoms with E-state index < -0.39 is 70.9 Å². The van der Waals surface area contributed by atoms with Gasteiger partial charge in [-0.05, 0) is 70.7 Å². The van der Waals surface area contributed by atoms with Gasteiger partial charge in [-0.15, -0.1) is 0 Å². The molecule has 4 aromatic rings. The molecule has 4 rings (SSSR count). The van der Waals surface area contributed by atoms with Crippen molar-refractivity contribution in [3.63, 3.8) is 0 Å². The average Bonchev–Trinajstić information content (AvgIpc) is 2.94. The molecule has 3 nitrogen and oxygen atoms in total. The first kappa shape index (κ1) is 29.6. The van der Waals surface area contributed by atoms with Crippen molar-refractivity contribution in [1.29, 1.82) is 0 Å². The zero-order valence-corrected chi connectivity index (χ0v) is 22.6. The van der Waals surface area contributed by atoms with Crippen LogP contribution >= 0.6 is 10.3 Å². The van der Waals surface area contributed by atoms with Gasteiger partial charge >= 0.3 is 10.1 Å². The minimum Gasteiger partial charge on any atom is -0.207 e. The van der Waals surface area contributed by atoms with Gasteiger partial charge in [-0.25, -0.2) is 34.4 Å². The van der Waals surface area contributed by atoms with Crippen molar-refractivity contribution in [2.75, 3.05) is 0 Å². The lowest BCUT2D eigenvalue weighted by atomic mass is 10.2. The number of aryl methyl sites for hydroxylation is 2. The Morgan fingerprint density at radius 2 is 1.02 bits per heavy atom. The zero-order valence-electron chi connectivity index (χ0n) is 21.0. The standard InChI is InChI=1S/C28H21F7O3S2/c1-3-16-5-10-19(11-6-16)39(20-12-7-17(4-2)8-13-20,22-14-9-18(29)15-21(22)30)38-40(36,37)28-26(34)24(32)23(31)25(33)27(28)35/h5-15H,3-4H2,1-2H3. The van der Waals surface area contributed by atoms with Crippen molar-refractivity contribution in [2.45, 2.75) is 46.3 Å². The highest BCUT2D eigenvalue weighted by molar-refractivity contribution is 8.33. The number of hydrogen-bond donors (Lipinski definition) is 0. The molecule has 0 aliphatic heterocycles. The van der Waals surface area contributed by atoms with Gasteiger partial charge in [0.25, 0.3) is 0 Å². The van der Waals surface area contributed by atoms with Gasteiger partial charge in [0.05, 0.1) is 4.90 Å². The first-order chi connectivity index (χ1) is 18.9. The largest absolute Gasteiger partial charge is 0.313 e. The first-order valence-electron chi connectivity index (χ1n) is 11.8. The number of hydrogen-bond acceptors (Lipinski definition) is 3. The summed E-state index contributed by atoms with van der Waals surface area (Å²) in [5.74, 6) is -15.1. The Hall–Kier alpha value is -3.35. The molecular formula is C28H21F7O3S2. The van der Waals surface area contributed by atoms with E-state index in [1.807, 2.05) is 13.8 Å². The van der Waals surface area contributed by atoms with Gasteiger partial charge in [0.15, 0.2) is 28.2 Å². The smallest absolute Gasteiger partial charge is 0.207 e. The monoisotopic (exact) mass is 602 g/mol. The fourth-order valence-electron chi connectivity index (χ4n) is 4.02. The molecule has 0 spiro atoms. The highest BCUT2D eigenvalue weighted by atomic mass is 32.3. The van der Waals surface area contributed by atoms with Crippen LogP contribution in [0.3, 0.4) is 0 Å². The van der Waals surface area contributed by atoms with Gasteiger partial charge in [0, 0.05) is 15.9 Å². The van der Waals surface area contributed by atoms with Gasteiger partial charge in [-0.2, -0.15) is 8.42 Å². The predicted molar refractivity (Wildman–Crippen MR) is 135 cm³/mol. The van der Waals surface area contributed by atoms with Crippen LogP contribution in [0.25, 0.3) is 0 Å². The summed E-state index contributed by atoms with van der Waals surface area (Å²) in [6.45, 7) is 3.67. The second kappa shape index (κ2) is 11.3. The lowest BCUT2D eigenvalue weighted by Gasteiger charge is -2.39. The molecule has 0 atom stereocenters. The minimum absolute atomic E-state index is 0.00750. The molecule has 0 fully saturated rings. The lowest BCUT2D eigenvalue weighted by Crippen LogP contribution is -2.19. The minimum atomic E-state index is -5.86.